The van der Waals surface area contributed by atoms with Crippen LogP contribution >= 0.6 is 0 Å². The summed E-state index contributed by atoms with van der Waals surface area (Å²) in [5.74, 6) is 0.215. The highest BCUT2D eigenvalue weighted by molar-refractivity contribution is 5.96. The van der Waals surface area contributed by atoms with Crippen molar-refractivity contribution in [2.24, 2.45) is 5.92 Å². The molecule has 3 N–H and O–H groups in total. The molecule has 3 fully saturated rings. The Morgan fingerprint density at radius 3 is 2.50 bits per heavy atom. The number of pyridine rings is 1. The third-order valence-corrected chi connectivity index (χ3v) is 10.1. The normalized spacial score (nSPS) is 22.2. The molecule has 46 heavy (non-hydrogen) atoms. The molecular weight excluding hydrogens is 588 g/mol. The van der Waals surface area contributed by atoms with Crippen LogP contribution < -0.4 is 25.6 Å². The molecule has 2 amide bonds. The van der Waals surface area contributed by atoms with Crippen LogP contribution in [0.15, 0.2) is 48.7 Å². The van der Waals surface area contributed by atoms with E-state index in [-0.39, 0.29) is 29.5 Å². The second kappa shape index (κ2) is 13.7. The molecule has 6 rings (SSSR count). The molecule has 3 aromatic rings. The number of rotatable bonds is 8. The van der Waals surface area contributed by atoms with Crippen molar-refractivity contribution in [1.29, 1.82) is 0 Å². The van der Waals surface area contributed by atoms with Gasteiger partial charge in [0.05, 0.1) is 18.7 Å². The lowest BCUT2D eigenvalue weighted by Crippen LogP contribution is -2.43. The molecule has 4 atom stereocenters. The fourth-order valence-corrected chi connectivity index (χ4v) is 7.68. The van der Waals surface area contributed by atoms with Crippen LogP contribution in [0.2, 0.25) is 0 Å². The quantitative estimate of drug-likeness (QED) is 0.291. The van der Waals surface area contributed by atoms with Crippen molar-refractivity contribution in [2.75, 3.05) is 31.6 Å². The zero-order valence-corrected chi connectivity index (χ0v) is 26.7. The van der Waals surface area contributed by atoms with E-state index in [4.69, 9.17) is 4.74 Å². The predicted octanol–water partition coefficient (Wildman–Crippen LogP) is 5.81. The third-order valence-electron chi connectivity index (χ3n) is 10.1. The molecule has 2 aromatic carbocycles. The molecule has 0 bridgehead atoms. The van der Waals surface area contributed by atoms with Crippen molar-refractivity contribution in [1.82, 2.24) is 20.9 Å². The number of ether oxygens (including phenoxy) is 1. The van der Waals surface area contributed by atoms with Gasteiger partial charge in [0.15, 0.2) is 0 Å². The maximum absolute atomic E-state index is 15.1. The first-order valence-electron chi connectivity index (χ1n) is 16.4. The van der Waals surface area contributed by atoms with E-state index in [2.05, 4.69) is 25.8 Å². The van der Waals surface area contributed by atoms with Gasteiger partial charge in [-0.15, -0.1) is 0 Å². The van der Waals surface area contributed by atoms with Crippen molar-refractivity contribution < 1.29 is 23.1 Å². The number of halogens is 2. The Morgan fingerprint density at radius 2 is 1.80 bits per heavy atom. The first-order chi connectivity index (χ1) is 22.2. The van der Waals surface area contributed by atoms with E-state index in [1.807, 2.05) is 31.2 Å². The highest BCUT2D eigenvalue weighted by Crippen LogP contribution is 2.39. The minimum atomic E-state index is -0.858. The van der Waals surface area contributed by atoms with Crippen molar-refractivity contribution in [3.8, 4) is 5.75 Å². The van der Waals surface area contributed by atoms with Crippen LogP contribution in [-0.4, -0.2) is 55.6 Å². The maximum Gasteiger partial charge on any atom is 0.253 e. The Hall–Kier alpha value is -4.05. The van der Waals surface area contributed by atoms with Crippen molar-refractivity contribution in [2.45, 2.75) is 76.4 Å². The number of hydrogen-bond acceptors (Lipinski definition) is 6. The fourth-order valence-electron chi connectivity index (χ4n) is 7.68. The first kappa shape index (κ1) is 31.9. The summed E-state index contributed by atoms with van der Waals surface area (Å²) in [5.41, 5.74) is 2.29. The molecule has 1 saturated carbocycles. The van der Waals surface area contributed by atoms with Gasteiger partial charge < -0.3 is 25.6 Å². The van der Waals surface area contributed by atoms with Crippen LogP contribution in [0.3, 0.4) is 0 Å². The molecule has 0 spiro atoms. The molecule has 244 valence electrons. The first-order valence-corrected chi connectivity index (χ1v) is 16.4. The maximum atomic E-state index is 15.1. The molecule has 1 aliphatic carbocycles. The number of methoxy groups -OCH3 is 1. The van der Waals surface area contributed by atoms with E-state index in [0.717, 1.165) is 69.5 Å². The number of anilines is 1. The van der Waals surface area contributed by atoms with Crippen molar-refractivity contribution >= 4 is 17.6 Å². The monoisotopic (exact) mass is 631 g/mol. The van der Waals surface area contributed by atoms with E-state index < -0.39 is 23.6 Å². The van der Waals surface area contributed by atoms with Crippen LogP contribution in [0.4, 0.5) is 14.6 Å². The number of carbonyl (C=O) groups is 2. The Labute approximate surface area is 269 Å². The summed E-state index contributed by atoms with van der Waals surface area (Å²) in [6.45, 7) is 5.99. The van der Waals surface area contributed by atoms with E-state index in [0.29, 0.717) is 28.4 Å². The Bertz CT molecular complexity index is 1550. The van der Waals surface area contributed by atoms with E-state index in [9.17, 15) is 9.59 Å². The molecule has 2 aliphatic heterocycles. The highest BCUT2D eigenvalue weighted by atomic mass is 19.1. The lowest BCUT2D eigenvalue weighted by atomic mass is 9.89. The number of nitrogens with one attached hydrogen (secondary N) is 3. The van der Waals surface area contributed by atoms with E-state index >= 15 is 8.78 Å². The highest BCUT2D eigenvalue weighted by Gasteiger charge is 2.41. The average Bonchev–Trinajstić information content (AvgIpc) is 3.47. The molecule has 3 aliphatic rings. The van der Waals surface area contributed by atoms with Gasteiger partial charge in [0.2, 0.25) is 0 Å². The van der Waals surface area contributed by atoms with Crippen LogP contribution in [0.25, 0.3) is 0 Å². The molecule has 2 saturated heterocycles. The summed E-state index contributed by atoms with van der Waals surface area (Å²) in [4.78, 5) is 33.2. The number of nitrogens with zero attached hydrogens (tertiary/aromatic N) is 2. The second-order valence-electron chi connectivity index (χ2n) is 13.0. The number of fused-ring (bicyclic) bond motifs is 1. The van der Waals surface area contributed by atoms with Gasteiger partial charge in [-0.05, 0) is 119 Å². The lowest BCUT2D eigenvalue weighted by Gasteiger charge is -2.38. The number of amides is 2. The molecule has 0 radical (unpaired) electrons. The molecular formula is C36H43F2N5O3. The van der Waals surface area contributed by atoms with Gasteiger partial charge in [0.25, 0.3) is 11.8 Å². The number of hydrogen-bond donors (Lipinski definition) is 3. The largest absolute Gasteiger partial charge is 0.496 e. The zero-order chi connectivity index (χ0) is 32.4. The SMILES string of the molecule is COc1cccc(C(=O)NC2CC3CCCN(c4ccc(C(=O)NC(C)c5c(F)cc(C6CCNCC6)cc5F)cn4)C3C2)c1C. The number of benzene rings is 2. The predicted molar refractivity (Wildman–Crippen MR) is 173 cm³/mol. The summed E-state index contributed by atoms with van der Waals surface area (Å²) in [7, 11) is 1.60. The van der Waals surface area contributed by atoms with Gasteiger partial charge >= 0.3 is 0 Å². The number of carbonyl (C=O) groups excluding carboxylic acids is 2. The molecule has 10 heteroatoms. The summed E-state index contributed by atoms with van der Waals surface area (Å²) < 4.78 is 35.6. The topological polar surface area (TPSA) is 95.6 Å². The smallest absolute Gasteiger partial charge is 0.253 e. The van der Waals surface area contributed by atoms with Gasteiger partial charge in [0.1, 0.15) is 23.2 Å². The minimum Gasteiger partial charge on any atom is -0.496 e. The van der Waals surface area contributed by atoms with Gasteiger partial charge in [0, 0.05) is 41.5 Å². The van der Waals surface area contributed by atoms with Crippen molar-refractivity contribution in [3.05, 3.63) is 88.1 Å². The van der Waals surface area contributed by atoms with Crippen LogP contribution in [-0.2, 0) is 0 Å². The van der Waals surface area contributed by atoms with Gasteiger partial charge in [-0.2, -0.15) is 0 Å². The van der Waals surface area contributed by atoms with Gasteiger partial charge in [-0.25, -0.2) is 13.8 Å². The number of piperidine rings is 2. The fraction of sp³-hybridized carbons (Fsp3) is 0.472. The van der Waals surface area contributed by atoms with Crippen LogP contribution in [0, 0.1) is 24.5 Å². The van der Waals surface area contributed by atoms with Gasteiger partial charge in [-0.1, -0.05) is 6.07 Å². The Balaban J connectivity index is 1.08. The summed E-state index contributed by atoms with van der Waals surface area (Å²) >= 11 is 0. The Kier molecular flexibility index (Phi) is 9.54. The third kappa shape index (κ3) is 6.58. The van der Waals surface area contributed by atoms with Crippen LogP contribution in [0.5, 0.6) is 5.75 Å². The summed E-state index contributed by atoms with van der Waals surface area (Å²) in [6.07, 6.45) is 7.03. The summed E-state index contributed by atoms with van der Waals surface area (Å²) in [6, 6.07) is 11.3. The Morgan fingerprint density at radius 1 is 1.04 bits per heavy atom. The second-order valence-corrected chi connectivity index (χ2v) is 13.0. The minimum absolute atomic E-state index is 0.0507. The van der Waals surface area contributed by atoms with E-state index in [1.54, 1.807) is 20.1 Å². The molecule has 1 aromatic heterocycles. The molecule has 8 nitrogen and oxygen atoms in total. The van der Waals surface area contributed by atoms with Gasteiger partial charge in [-0.3, -0.25) is 9.59 Å². The zero-order valence-electron chi connectivity index (χ0n) is 26.7. The van der Waals surface area contributed by atoms with Crippen molar-refractivity contribution in [3.63, 3.8) is 0 Å². The average molecular weight is 632 g/mol. The standard InChI is InChI=1S/C36H43F2N5O3/c1-21-28(7-4-8-32(21)46-3)36(45)42-27-16-24-6-5-15-43(31(24)19-27)33-10-9-25(20-40-33)35(44)41-22(2)34-29(37)17-26(18-30(34)38)23-11-13-39-14-12-23/h4,7-10,17-18,20,22-24,27,31,39H,5-6,11-16,19H2,1-3H3,(H,41,44)(H,42,45). The molecule has 3 heterocycles. The summed E-state index contributed by atoms with van der Waals surface area (Å²) in [5, 5.41) is 9.27. The van der Waals surface area contributed by atoms with E-state index in [1.165, 1.54) is 18.3 Å². The lowest BCUT2D eigenvalue weighted by molar-refractivity contribution is 0.0928. The van der Waals surface area contributed by atoms with Crippen LogP contribution in [0.1, 0.15) is 94.8 Å². The molecule has 4 unspecified atom stereocenters. The number of aromatic nitrogens is 1.